The maximum atomic E-state index is 13.2. The maximum Gasteiger partial charge on any atom is 0.221 e. The number of anilines is 1. The van der Waals surface area contributed by atoms with Crippen LogP contribution in [0, 0.1) is 5.82 Å². The van der Waals surface area contributed by atoms with E-state index in [0.717, 1.165) is 5.56 Å². The predicted octanol–water partition coefficient (Wildman–Crippen LogP) is 5.39. The average molecular weight is 385 g/mol. The fourth-order valence-corrected chi connectivity index (χ4v) is 3.23. The van der Waals surface area contributed by atoms with E-state index in [1.807, 2.05) is 0 Å². The highest BCUT2D eigenvalue weighted by atomic mass is 35.5. The first kappa shape index (κ1) is 16.7. The molecule has 0 fully saturated rings. The molecule has 2 aromatic carbocycles. The van der Waals surface area contributed by atoms with Crippen molar-refractivity contribution < 1.29 is 4.39 Å². The van der Waals surface area contributed by atoms with Crippen molar-refractivity contribution >= 4 is 40.2 Å². The molecule has 2 aromatic heterocycles. The lowest BCUT2D eigenvalue weighted by molar-refractivity contribution is 0.628. The molecule has 4 nitrogen and oxygen atoms in total. The second kappa shape index (κ2) is 6.52. The van der Waals surface area contributed by atoms with Crippen molar-refractivity contribution in [3.05, 3.63) is 70.5 Å². The number of rotatable bonds is 2. The molecular weight excluding hydrogens is 374 g/mol. The summed E-state index contributed by atoms with van der Waals surface area (Å²) in [7, 11) is 0. The first-order valence-corrected chi connectivity index (χ1v) is 8.42. The third kappa shape index (κ3) is 3.19. The number of aromatic nitrogens is 3. The largest absolute Gasteiger partial charge is 0.368 e. The van der Waals surface area contributed by atoms with Crippen LogP contribution in [0.2, 0.25) is 10.0 Å². The van der Waals surface area contributed by atoms with Gasteiger partial charge in [0.15, 0.2) is 0 Å². The van der Waals surface area contributed by atoms with Crippen molar-refractivity contribution in [3.63, 3.8) is 0 Å². The summed E-state index contributed by atoms with van der Waals surface area (Å²) >= 11 is 12.2. The van der Waals surface area contributed by atoms with Gasteiger partial charge in [-0.3, -0.25) is 0 Å². The van der Waals surface area contributed by atoms with E-state index in [1.54, 1.807) is 42.5 Å². The van der Waals surface area contributed by atoms with Crippen LogP contribution in [0.3, 0.4) is 0 Å². The number of fused-ring (bicyclic) bond motifs is 1. The van der Waals surface area contributed by atoms with Crippen molar-refractivity contribution in [2.45, 2.75) is 0 Å². The van der Waals surface area contributed by atoms with Crippen LogP contribution in [0.5, 0.6) is 0 Å². The summed E-state index contributed by atoms with van der Waals surface area (Å²) < 4.78 is 13.2. The molecule has 7 heteroatoms. The Kier molecular flexibility index (Phi) is 4.18. The van der Waals surface area contributed by atoms with E-state index < -0.39 is 0 Å². The molecule has 2 N–H and O–H groups in total. The number of halogens is 3. The van der Waals surface area contributed by atoms with Gasteiger partial charge in [-0.15, -0.1) is 0 Å². The molecule has 4 rings (SSSR count). The summed E-state index contributed by atoms with van der Waals surface area (Å²) in [6, 6.07) is 14.8. The van der Waals surface area contributed by atoms with Crippen LogP contribution < -0.4 is 5.73 Å². The van der Waals surface area contributed by atoms with Crippen LogP contribution in [0.15, 0.2) is 54.6 Å². The van der Waals surface area contributed by atoms with Gasteiger partial charge in [0.05, 0.1) is 11.2 Å². The summed E-state index contributed by atoms with van der Waals surface area (Å²) in [6.07, 6.45) is 0. The molecule has 2 heterocycles. The predicted molar refractivity (Wildman–Crippen MR) is 103 cm³/mol. The molecule has 0 amide bonds. The lowest BCUT2D eigenvalue weighted by Crippen LogP contribution is -2.00. The molecule has 0 radical (unpaired) electrons. The molecule has 0 aliphatic heterocycles. The highest BCUT2D eigenvalue weighted by Crippen LogP contribution is 2.31. The third-order valence-corrected chi connectivity index (χ3v) is 4.27. The number of nitrogen functional groups attached to an aromatic ring is 1. The van der Waals surface area contributed by atoms with Crippen LogP contribution in [-0.2, 0) is 0 Å². The minimum atomic E-state index is -0.306. The quantitative estimate of drug-likeness (QED) is 0.503. The SMILES string of the molecule is Nc1nc(-c2cc(Cl)cc(Cl)c2)c2nc(-c3ccc(F)cc3)ccc2n1. The molecule has 0 atom stereocenters. The monoisotopic (exact) mass is 384 g/mol. The number of hydrogen-bond donors (Lipinski definition) is 1. The Morgan fingerprint density at radius 1 is 0.769 bits per heavy atom. The van der Waals surface area contributed by atoms with E-state index >= 15 is 0 Å². The maximum absolute atomic E-state index is 13.2. The van der Waals surface area contributed by atoms with Gasteiger partial charge >= 0.3 is 0 Å². The Labute approximate surface area is 158 Å². The Bertz CT molecular complexity index is 1110. The topological polar surface area (TPSA) is 64.7 Å². The summed E-state index contributed by atoms with van der Waals surface area (Å²) in [5, 5.41) is 0.958. The van der Waals surface area contributed by atoms with Gasteiger partial charge in [-0.25, -0.2) is 19.3 Å². The van der Waals surface area contributed by atoms with Gasteiger partial charge in [0.25, 0.3) is 0 Å². The van der Waals surface area contributed by atoms with E-state index in [-0.39, 0.29) is 11.8 Å². The first-order chi connectivity index (χ1) is 12.5. The Morgan fingerprint density at radius 2 is 1.46 bits per heavy atom. The van der Waals surface area contributed by atoms with Gasteiger partial charge in [0.2, 0.25) is 5.95 Å². The van der Waals surface area contributed by atoms with Gasteiger partial charge in [-0.05, 0) is 54.6 Å². The summed E-state index contributed by atoms with van der Waals surface area (Å²) in [4.78, 5) is 13.2. The van der Waals surface area contributed by atoms with Crippen molar-refractivity contribution in [3.8, 4) is 22.5 Å². The molecule has 0 spiro atoms. The Morgan fingerprint density at radius 3 is 2.15 bits per heavy atom. The Hall–Kier alpha value is -2.76. The van der Waals surface area contributed by atoms with Gasteiger partial charge in [0.1, 0.15) is 17.0 Å². The molecular formula is C19H11Cl2FN4. The normalized spacial score (nSPS) is 11.0. The van der Waals surface area contributed by atoms with Crippen LogP contribution in [0.25, 0.3) is 33.5 Å². The lowest BCUT2D eigenvalue weighted by Gasteiger charge is -2.09. The van der Waals surface area contributed by atoms with Crippen molar-refractivity contribution in [2.24, 2.45) is 0 Å². The van der Waals surface area contributed by atoms with Gasteiger partial charge in [-0.1, -0.05) is 23.2 Å². The summed E-state index contributed by atoms with van der Waals surface area (Å²) in [5.74, 6) is -0.181. The smallest absolute Gasteiger partial charge is 0.221 e. The summed E-state index contributed by atoms with van der Waals surface area (Å²) in [6.45, 7) is 0. The summed E-state index contributed by atoms with van der Waals surface area (Å²) in [5.41, 5.74) is 9.65. The lowest BCUT2D eigenvalue weighted by atomic mass is 10.1. The minimum Gasteiger partial charge on any atom is -0.368 e. The molecule has 0 aliphatic rings. The molecule has 0 unspecified atom stereocenters. The van der Waals surface area contributed by atoms with Gasteiger partial charge in [-0.2, -0.15) is 0 Å². The second-order valence-electron chi connectivity index (χ2n) is 5.66. The second-order valence-corrected chi connectivity index (χ2v) is 6.53. The van der Waals surface area contributed by atoms with Gasteiger partial charge in [0, 0.05) is 21.2 Å². The van der Waals surface area contributed by atoms with Gasteiger partial charge < -0.3 is 5.73 Å². The molecule has 0 saturated heterocycles. The number of pyridine rings is 1. The van der Waals surface area contributed by atoms with E-state index in [0.29, 0.717) is 38.0 Å². The average Bonchev–Trinajstić information content (AvgIpc) is 2.60. The Balaban J connectivity index is 1.96. The first-order valence-electron chi connectivity index (χ1n) is 7.66. The fraction of sp³-hybridized carbons (Fsp3) is 0. The van der Waals surface area contributed by atoms with Crippen LogP contribution in [-0.4, -0.2) is 15.0 Å². The molecule has 0 saturated carbocycles. The highest BCUT2D eigenvalue weighted by Gasteiger charge is 2.13. The number of hydrogen-bond acceptors (Lipinski definition) is 4. The minimum absolute atomic E-state index is 0.125. The zero-order chi connectivity index (χ0) is 18.3. The number of nitrogens with zero attached hydrogens (tertiary/aromatic N) is 3. The van der Waals surface area contributed by atoms with E-state index in [1.165, 1.54) is 12.1 Å². The highest BCUT2D eigenvalue weighted by molar-refractivity contribution is 6.35. The fourth-order valence-electron chi connectivity index (χ4n) is 2.71. The van der Waals surface area contributed by atoms with Crippen molar-refractivity contribution in [1.82, 2.24) is 15.0 Å². The van der Waals surface area contributed by atoms with E-state index in [4.69, 9.17) is 28.9 Å². The third-order valence-electron chi connectivity index (χ3n) is 3.84. The van der Waals surface area contributed by atoms with Crippen LogP contribution in [0.1, 0.15) is 0 Å². The zero-order valence-electron chi connectivity index (χ0n) is 13.2. The molecule has 0 bridgehead atoms. The molecule has 0 aliphatic carbocycles. The van der Waals surface area contributed by atoms with E-state index in [9.17, 15) is 4.39 Å². The molecule has 4 aromatic rings. The van der Waals surface area contributed by atoms with Crippen molar-refractivity contribution in [2.75, 3.05) is 5.73 Å². The number of benzene rings is 2. The van der Waals surface area contributed by atoms with Crippen LogP contribution >= 0.6 is 23.2 Å². The number of nitrogens with two attached hydrogens (primary N) is 1. The van der Waals surface area contributed by atoms with E-state index in [2.05, 4.69) is 15.0 Å². The molecule has 26 heavy (non-hydrogen) atoms. The molecule has 128 valence electrons. The standard InChI is InChI=1S/C19H11Cl2FN4/c20-12-7-11(8-13(21)9-12)17-18-16(25-19(23)26-17)6-5-15(24-18)10-1-3-14(22)4-2-10/h1-9H,(H2,23,25,26). The zero-order valence-corrected chi connectivity index (χ0v) is 14.8. The van der Waals surface area contributed by atoms with Crippen molar-refractivity contribution in [1.29, 1.82) is 0 Å². The van der Waals surface area contributed by atoms with Crippen LogP contribution in [0.4, 0.5) is 10.3 Å².